The van der Waals surface area contributed by atoms with Crippen molar-refractivity contribution in [2.75, 3.05) is 0 Å². The van der Waals surface area contributed by atoms with E-state index in [9.17, 15) is 4.79 Å². The maximum atomic E-state index is 12.1. The molecule has 0 saturated carbocycles. The zero-order chi connectivity index (χ0) is 13.3. The maximum absolute atomic E-state index is 12.1. The van der Waals surface area contributed by atoms with E-state index in [0.717, 1.165) is 16.5 Å². The van der Waals surface area contributed by atoms with E-state index >= 15 is 0 Å². The highest BCUT2D eigenvalue weighted by Crippen LogP contribution is 2.22. The standard InChI is InChI=1S/C15H19NO2/c1-9(2)6-12(16)15(17)14-8-11-7-10(3)4-5-13(11)18-14/h4-5,7-9,12H,6,16H2,1-3H3. The van der Waals surface area contributed by atoms with Crippen LogP contribution in [0.25, 0.3) is 11.0 Å². The van der Waals surface area contributed by atoms with Crippen LogP contribution in [0.3, 0.4) is 0 Å². The molecule has 1 aromatic carbocycles. The lowest BCUT2D eigenvalue weighted by Crippen LogP contribution is -2.31. The summed E-state index contributed by atoms with van der Waals surface area (Å²) in [4.78, 5) is 12.1. The molecule has 2 aromatic rings. The normalized spacial score (nSPS) is 13.2. The van der Waals surface area contributed by atoms with Crippen LogP contribution in [0.1, 0.15) is 36.4 Å². The number of furan rings is 1. The van der Waals surface area contributed by atoms with Crippen LogP contribution in [0.5, 0.6) is 0 Å². The molecule has 2 N–H and O–H groups in total. The van der Waals surface area contributed by atoms with Gasteiger partial charge in [-0.05, 0) is 37.5 Å². The number of Topliss-reactive ketones (excluding diaryl/α,β-unsaturated/α-hetero) is 1. The predicted molar refractivity (Wildman–Crippen MR) is 72.7 cm³/mol. The molecule has 1 heterocycles. The van der Waals surface area contributed by atoms with Gasteiger partial charge in [0.2, 0.25) is 5.78 Å². The Bertz CT molecular complexity index is 569. The van der Waals surface area contributed by atoms with E-state index in [-0.39, 0.29) is 5.78 Å². The van der Waals surface area contributed by atoms with E-state index < -0.39 is 6.04 Å². The third kappa shape index (κ3) is 2.62. The third-order valence-electron chi connectivity index (χ3n) is 2.98. The van der Waals surface area contributed by atoms with Gasteiger partial charge in [-0.25, -0.2) is 0 Å². The van der Waals surface area contributed by atoms with Gasteiger partial charge in [0.15, 0.2) is 5.76 Å². The van der Waals surface area contributed by atoms with E-state index in [1.54, 1.807) is 6.07 Å². The van der Waals surface area contributed by atoms with E-state index in [4.69, 9.17) is 10.2 Å². The van der Waals surface area contributed by atoms with Crippen molar-refractivity contribution < 1.29 is 9.21 Å². The summed E-state index contributed by atoms with van der Waals surface area (Å²) >= 11 is 0. The van der Waals surface area contributed by atoms with Gasteiger partial charge >= 0.3 is 0 Å². The highest BCUT2D eigenvalue weighted by Gasteiger charge is 2.20. The molecule has 1 aromatic heterocycles. The molecule has 0 aliphatic heterocycles. The molecule has 0 spiro atoms. The molecule has 96 valence electrons. The second kappa shape index (κ2) is 4.94. The molecule has 0 saturated heterocycles. The molecule has 3 nitrogen and oxygen atoms in total. The molecule has 3 heteroatoms. The van der Waals surface area contributed by atoms with Gasteiger partial charge in [-0.15, -0.1) is 0 Å². The van der Waals surface area contributed by atoms with Gasteiger partial charge in [-0.1, -0.05) is 25.5 Å². The Labute approximate surface area is 107 Å². The van der Waals surface area contributed by atoms with Gasteiger partial charge in [-0.2, -0.15) is 0 Å². The summed E-state index contributed by atoms with van der Waals surface area (Å²) in [6.07, 6.45) is 0.676. The van der Waals surface area contributed by atoms with Gasteiger partial charge in [0.1, 0.15) is 5.58 Å². The van der Waals surface area contributed by atoms with Gasteiger partial charge in [0, 0.05) is 5.39 Å². The van der Waals surface area contributed by atoms with Crippen LogP contribution in [0.2, 0.25) is 0 Å². The number of aryl methyl sites for hydroxylation is 1. The first-order chi connectivity index (χ1) is 8.47. The minimum Gasteiger partial charge on any atom is -0.453 e. The minimum atomic E-state index is -0.480. The highest BCUT2D eigenvalue weighted by atomic mass is 16.3. The average Bonchev–Trinajstić information content (AvgIpc) is 2.69. The Hall–Kier alpha value is -1.61. The summed E-state index contributed by atoms with van der Waals surface area (Å²) in [5.41, 5.74) is 7.78. The lowest BCUT2D eigenvalue weighted by molar-refractivity contribution is 0.0925. The third-order valence-corrected chi connectivity index (χ3v) is 2.98. The average molecular weight is 245 g/mol. The number of benzene rings is 1. The molecule has 0 aliphatic rings. The SMILES string of the molecule is Cc1ccc2oc(C(=O)C(N)CC(C)C)cc2c1. The smallest absolute Gasteiger partial charge is 0.214 e. The summed E-state index contributed by atoms with van der Waals surface area (Å²) in [5.74, 6) is 0.650. The second-order valence-corrected chi connectivity index (χ2v) is 5.25. The number of carbonyl (C=O) groups is 1. The zero-order valence-electron chi connectivity index (χ0n) is 11.1. The summed E-state index contributed by atoms with van der Waals surface area (Å²) in [6, 6.07) is 7.16. The number of hydrogen-bond donors (Lipinski definition) is 1. The van der Waals surface area contributed by atoms with E-state index in [2.05, 4.69) is 13.8 Å². The predicted octanol–water partition coefficient (Wildman–Crippen LogP) is 3.30. The lowest BCUT2D eigenvalue weighted by atomic mass is 10.00. The monoisotopic (exact) mass is 245 g/mol. The van der Waals surface area contributed by atoms with Crippen molar-refractivity contribution in [3.63, 3.8) is 0 Å². The van der Waals surface area contributed by atoms with Crippen molar-refractivity contribution >= 4 is 16.8 Å². The largest absolute Gasteiger partial charge is 0.453 e. The molecule has 0 aliphatic carbocycles. The van der Waals surface area contributed by atoms with Crippen molar-refractivity contribution in [1.29, 1.82) is 0 Å². The zero-order valence-corrected chi connectivity index (χ0v) is 11.1. The van der Waals surface area contributed by atoms with Crippen molar-refractivity contribution in [1.82, 2.24) is 0 Å². The molecule has 2 rings (SSSR count). The first-order valence-corrected chi connectivity index (χ1v) is 6.27. The number of carbonyl (C=O) groups excluding carboxylic acids is 1. The van der Waals surface area contributed by atoms with Crippen LogP contribution >= 0.6 is 0 Å². The number of hydrogen-bond acceptors (Lipinski definition) is 3. The maximum Gasteiger partial charge on any atom is 0.214 e. The van der Waals surface area contributed by atoms with Crippen LogP contribution in [-0.2, 0) is 0 Å². The van der Waals surface area contributed by atoms with Crippen LogP contribution in [0, 0.1) is 12.8 Å². The number of fused-ring (bicyclic) bond motifs is 1. The first-order valence-electron chi connectivity index (χ1n) is 6.27. The van der Waals surface area contributed by atoms with Gasteiger partial charge in [0.25, 0.3) is 0 Å². The van der Waals surface area contributed by atoms with Crippen molar-refractivity contribution in [3.05, 3.63) is 35.6 Å². The minimum absolute atomic E-state index is 0.113. The molecular weight excluding hydrogens is 226 g/mol. The second-order valence-electron chi connectivity index (χ2n) is 5.25. The fraction of sp³-hybridized carbons (Fsp3) is 0.400. The van der Waals surface area contributed by atoms with Gasteiger partial charge in [-0.3, -0.25) is 4.79 Å². The molecule has 18 heavy (non-hydrogen) atoms. The fourth-order valence-electron chi connectivity index (χ4n) is 2.08. The van der Waals surface area contributed by atoms with E-state index in [1.807, 2.05) is 25.1 Å². The van der Waals surface area contributed by atoms with Crippen LogP contribution < -0.4 is 5.73 Å². The van der Waals surface area contributed by atoms with E-state index in [1.165, 1.54) is 0 Å². The Kier molecular flexibility index (Phi) is 3.53. The summed E-state index contributed by atoms with van der Waals surface area (Å²) in [6.45, 7) is 6.11. The quantitative estimate of drug-likeness (QED) is 0.841. The highest BCUT2D eigenvalue weighted by molar-refractivity contribution is 6.00. The molecular formula is C15H19NO2. The van der Waals surface area contributed by atoms with E-state index in [0.29, 0.717) is 18.1 Å². The Morgan fingerprint density at radius 2 is 2.06 bits per heavy atom. The van der Waals surface area contributed by atoms with Crippen molar-refractivity contribution in [2.24, 2.45) is 11.7 Å². The molecule has 0 amide bonds. The van der Waals surface area contributed by atoms with Gasteiger partial charge < -0.3 is 10.2 Å². The fourth-order valence-corrected chi connectivity index (χ4v) is 2.08. The van der Waals surface area contributed by atoms with Gasteiger partial charge in [0.05, 0.1) is 6.04 Å². The van der Waals surface area contributed by atoms with Crippen molar-refractivity contribution in [2.45, 2.75) is 33.2 Å². The first kappa shape index (κ1) is 12.8. The van der Waals surface area contributed by atoms with Crippen LogP contribution in [-0.4, -0.2) is 11.8 Å². The molecule has 0 fully saturated rings. The molecule has 0 radical (unpaired) electrons. The summed E-state index contributed by atoms with van der Waals surface area (Å²) in [5, 5.41) is 0.954. The van der Waals surface area contributed by atoms with Crippen LogP contribution in [0.4, 0.5) is 0 Å². The Morgan fingerprint density at radius 3 is 2.72 bits per heavy atom. The number of rotatable bonds is 4. The molecule has 1 unspecified atom stereocenters. The Balaban J connectivity index is 2.28. The topological polar surface area (TPSA) is 56.2 Å². The Morgan fingerprint density at radius 1 is 1.33 bits per heavy atom. The summed E-state index contributed by atoms with van der Waals surface area (Å²) < 4.78 is 5.56. The molecule has 1 atom stereocenters. The van der Waals surface area contributed by atoms with Crippen molar-refractivity contribution in [3.8, 4) is 0 Å². The lowest BCUT2D eigenvalue weighted by Gasteiger charge is -2.10. The number of nitrogens with two attached hydrogens (primary N) is 1. The molecule has 0 bridgehead atoms. The summed E-state index contributed by atoms with van der Waals surface area (Å²) in [7, 11) is 0. The number of ketones is 1. The van der Waals surface area contributed by atoms with Crippen LogP contribution in [0.15, 0.2) is 28.7 Å².